The Labute approximate surface area is 177 Å². The Morgan fingerprint density at radius 3 is 2.50 bits per heavy atom. The van der Waals surface area contributed by atoms with Crippen molar-refractivity contribution in [1.82, 2.24) is 0 Å². The third kappa shape index (κ3) is 4.26. The number of aryl methyl sites for hydroxylation is 1. The number of ketones is 1. The molecule has 0 unspecified atom stereocenters. The van der Waals surface area contributed by atoms with Gasteiger partial charge in [0.25, 0.3) is 0 Å². The van der Waals surface area contributed by atoms with Gasteiger partial charge < -0.3 is 9.47 Å². The zero-order valence-electron chi connectivity index (χ0n) is 15.9. The van der Waals surface area contributed by atoms with E-state index in [4.69, 9.17) is 21.1 Å². The highest BCUT2D eigenvalue weighted by Gasteiger charge is 2.30. The van der Waals surface area contributed by atoms with Gasteiger partial charge in [-0.25, -0.2) is 4.39 Å². The average molecular weight is 423 g/mol. The van der Waals surface area contributed by atoms with E-state index in [1.165, 1.54) is 18.2 Å². The molecule has 4 nitrogen and oxygen atoms in total. The standard InChI is InChI=1S/C24H16ClFO4/c1-14-10-19(29-22(27)12-16-2-6-17(25)7-3-16)13-20-23(14)24(28)21(30-20)11-15-4-8-18(26)9-5-15/h2-11,13H,12H2,1H3/b21-11-. The summed E-state index contributed by atoms with van der Waals surface area (Å²) in [5.41, 5.74) is 2.47. The van der Waals surface area contributed by atoms with Crippen LogP contribution in [0.15, 0.2) is 66.4 Å². The van der Waals surface area contributed by atoms with Gasteiger partial charge in [-0.3, -0.25) is 9.59 Å². The van der Waals surface area contributed by atoms with Crippen molar-refractivity contribution < 1.29 is 23.5 Å². The van der Waals surface area contributed by atoms with Gasteiger partial charge in [-0.05, 0) is 60.0 Å². The molecule has 6 heteroatoms. The van der Waals surface area contributed by atoms with Crippen molar-refractivity contribution in [3.05, 3.63) is 99.5 Å². The zero-order chi connectivity index (χ0) is 21.3. The van der Waals surface area contributed by atoms with E-state index < -0.39 is 5.97 Å². The summed E-state index contributed by atoms with van der Waals surface area (Å²) in [6, 6.07) is 15.8. The van der Waals surface area contributed by atoms with E-state index in [0.29, 0.717) is 33.2 Å². The Kier molecular flexibility index (Phi) is 5.38. The van der Waals surface area contributed by atoms with Crippen LogP contribution in [-0.4, -0.2) is 11.8 Å². The van der Waals surface area contributed by atoms with Crippen molar-refractivity contribution >= 4 is 29.4 Å². The number of hydrogen-bond acceptors (Lipinski definition) is 4. The van der Waals surface area contributed by atoms with Crippen molar-refractivity contribution in [2.24, 2.45) is 0 Å². The number of esters is 1. The van der Waals surface area contributed by atoms with Crippen molar-refractivity contribution in [3.63, 3.8) is 0 Å². The van der Waals surface area contributed by atoms with Crippen LogP contribution in [0.3, 0.4) is 0 Å². The molecule has 0 N–H and O–H groups in total. The maximum absolute atomic E-state index is 13.1. The van der Waals surface area contributed by atoms with Crippen LogP contribution in [0.25, 0.3) is 6.08 Å². The van der Waals surface area contributed by atoms with Crippen LogP contribution in [-0.2, 0) is 11.2 Å². The summed E-state index contributed by atoms with van der Waals surface area (Å²) in [5.74, 6) is -0.331. The molecule has 1 aliphatic rings. The Bertz CT molecular complexity index is 1170. The predicted molar refractivity (Wildman–Crippen MR) is 111 cm³/mol. The summed E-state index contributed by atoms with van der Waals surface area (Å²) in [7, 11) is 0. The summed E-state index contributed by atoms with van der Waals surface area (Å²) >= 11 is 5.85. The minimum Gasteiger partial charge on any atom is -0.452 e. The predicted octanol–water partition coefficient (Wildman–Crippen LogP) is 5.55. The summed E-state index contributed by atoms with van der Waals surface area (Å²) < 4.78 is 24.2. The topological polar surface area (TPSA) is 52.6 Å². The lowest BCUT2D eigenvalue weighted by atomic mass is 10.0. The first-order valence-corrected chi connectivity index (χ1v) is 9.56. The number of ether oxygens (including phenoxy) is 2. The van der Waals surface area contributed by atoms with Crippen LogP contribution in [0.4, 0.5) is 4.39 Å². The molecule has 0 aliphatic carbocycles. The van der Waals surface area contributed by atoms with Gasteiger partial charge in [-0.1, -0.05) is 35.9 Å². The molecule has 0 bridgehead atoms. The molecule has 3 aromatic rings. The van der Waals surface area contributed by atoms with Gasteiger partial charge in [-0.15, -0.1) is 0 Å². The first-order chi connectivity index (χ1) is 14.4. The SMILES string of the molecule is Cc1cc(OC(=O)Cc2ccc(Cl)cc2)cc2c1C(=O)/C(=C/c1ccc(F)cc1)O2. The van der Waals surface area contributed by atoms with E-state index in [1.807, 2.05) is 0 Å². The molecule has 3 aromatic carbocycles. The third-order valence-electron chi connectivity index (χ3n) is 4.60. The quantitative estimate of drug-likeness (QED) is 0.314. The van der Waals surface area contributed by atoms with Gasteiger partial charge in [0.05, 0.1) is 12.0 Å². The second-order valence-corrected chi connectivity index (χ2v) is 7.32. The first-order valence-electron chi connectivity index (χ1n) is 9.18. The number of fused-ring (bicyclic) bond motifs is 1. The van der Waals surface area contributed by atoms with E-state index in [1.54, 1.807) is 55.5 Å². The van der Waals surface area contributed by atoms with Crippen molar-refractivity contribution in [1.29, 1.82) is 0 Å². The minimum absolute atomic E-state index is 0.0861. The van der Waals surface area contributed by atoms with Crippen LogP contribution in [0.5, 0.6) is 11.5 Å². The lowest BCUT2D eigenvalue weighted by Gasteiger charge is -2.08. The molecule has 0 fully saturated rings. The van der Waals surface area contributed by atoms with Crippen molar-refractivity contribution in [3.8, 4) is 11.5 Å². The van der Waals surface area contributed by atoms with Gasteiger partial charge >= 0.3 is 5.97 Å². The summed E-state index contributed by atoms with van der Waals surface area (Å²) in [6.45, 7) is 1.75. The highest BCUT2D eigenvalue weighted by Crippen LogP contribution is 2.37. The Hall–Kier alpha value is -3.44. The second kappa shape index (κ2) is 8.13. The van der Waals surface area contributed by atoms with Crippen LogP contribution in [0, 0.1) is 12.7 Å². The van der Waals surface area contributed by atoms with Gasteiger partial charge in [0.15, 0.2) is 5.76 Å². The van der Waals surface area contributed by atoms with Crippen LogP contribution in [0.1, 0.15) is 27.0 Å². The molecule has 4 rings (SSSR count). The lowest BCUT2D eigenvalue weighted by Crippen LogP contribution is -2.11. The van der Waals surface area contributed by atoms with Crippen molar-refractivity contribution in [2.75, 3.05) is 0 Å². The highest BCUT2D eigenvalue weighted by molar-refractivity contribution is 6.30. The second-order valence-electron chi connectivity index (χ2n) is 6.88. The number of hydrogen-bond donors (Lipinski definition) is 0. The largest absolute Gasteiger partial charge is 0.452 e. The molecule has 0 saturated heterocycles. The molecule has 1 heterocycles. The smallest absolute Gasteiger partial charge is 0.315 e. The van der Waals surface area contributed by atoms with Gasteiger partial charge in [0.2, 0.25) is 5.78 Å². The maximum atomic E-state index is 13.1. The number of allylic oxidation sites excluding steroid dienone is 1. The fourth-order valence-electron chi connectivity index (χ4n) is 3.18. The number of rotatable bonds is 4. The van der Waals surface area contributed by atoms with E-state index in [2.05, 4.69) is 0 Å². The highest BCUT2D eigenvalue weighted by atomic mass is 35.5. The van der Waals surface area contributed by atoms with Gasteiger partial charge in [-0.2, -0.15) is 0 Å². The molecule has 1 aliphatic heterocycles. The van der Waals surface area contributed by atoms with Gasteiger partial charge in [0, 0.05) is 11.1 Å². The van der Waals surface area contributed by atoms with E-state index in [0.717, 1.165) is 5.56 Å². The number of halogens is 2. The molecule has 0 spiro atoms. The van der Waals surface area contributed by atoms with Gasteiger partial charge in [0.1, 0.15) is 17.3 Å². The van der Waals surface area contributed by atoms with Crippen LogP contribution >= 0.6 is 11.6 Å². The molecular weight excluding hydrogens is 407 g/mol. The summed E-state index contributed by atoms with van der Waals surface area (Å²) in [5, 5.41) is 0.590. The Morgan fingerprint density at radius 1 is 1.10 bits per heavy atom. The lowest BCUT2D eigenvalue weighted by molar-refractivity contribution is -0.133. The number of Topliss-reactive ketones (excluding diaryl/α,β-unsaturated/α-hetero) is 1. The molecular formula is C24H16ClFO4. The molecule has 0 amide bonds. The number of carbonyl (C=O) groups excluding carboxylic acids is 2. The Balaban J connectivity index is 1.52. The maximum Gasteiger partial charge on any atom is 0.315 e. The minimum atomic E-state index is -0.442. The van der Waals surface area contributed by atoms with Crippen LogP contribution < -0.4 is 9.47 Å². The molecule has 0 aromatic heterocycles. The van der Waals surface area contributed by atoms with E-state index in [-0.39, 0.29) is 23.8 Å². The van der Waals surface area contributed by atoms with Crippen LogP contribution in [0.2, 0.25) is 5.02 Å². The fraction of sp³-hybridized carbons (Fsp3) is 0.0833. The summed E-state index contributed by atoms with van der Waals surface area (Å²) in [4.78, 5) is 25.0. The normalized spacial score (nSPS) is 13.8. The van der Waals surface area contributed by atoms with E-state index in [9.17, 15) is 14.0 Å². The zero-order valence-corrected chi connectivity index (χ0v) is 16.7. The molecule has 0 radical (unpaired) electrons. The molecule has 150 valence electrons. The monoisotopic (exact) mass is 422 g/mol. The number of benzene rings is 3. The first kappa shape index (κ1) is 19.9. The molecule has 30 heavy (non-hydrogen) atoms. The molecule has 0 saturated carbocycles. The average Bonchev–Trinajstić information content (AvgIpc) is 3.01. The Morgan fingerprint density at radius 2 is 1.80 bits per heavy atom. The molecule has 0 atom stereocenters. The van der Waals surface area contributed by atoms with Crippen molar-refractivity contribution in [2.45, 2.75) is 13.3 Å². The van der Waals surface area contributed by atoms with E-state index >= 15 is 0 Å². The summed E-state index contributed by atoms with van der Waals surface area (Å²) in [6.07, 6.45) is 1.64. The fourth-order valence-corrected chi connectivity index (χ4v) is 3.31. The number of carbonyl (C=O) groups is 2. The third-order valence-corrected chi connectivity index (χ3v) is 4.86.